The topological polar surface area (TPSA) is 49.9 Å². The van der Waals surface area contributed by atoms with Crippen molar-refractivity contribution in [2.75, 3.05) is 34.2 Å². The van der Waals surface area contributed by atoms with Crippen LogP contribution in [0, 0.1) is 11.8 Å². The molecule has 1 heterocycles. The number of rotatable bonds is 7. The normalized spacial score (nSPS) is 20.9. The first-order valence-electron chi connectivity index (χ1n) is 12.9. The average molecular weight is 553 g/mol. The average Bonchev–Trinajstić information content (AvgIpc) is 2.84. The van der Waals surface area contributed by atoms with E-state index in [4.69, 9.17) is 16.3 Å². The standard InChI is InChI=1S/C20H29ClN2O2.C9H7F3O/c1-22(2)20(24)18-5-4-16(13-19(18)21)25-17-11-15(12-17)10-14-6-8-23(3)9-7-14;10-9(11,12)8(6-13)7-4-2-1-3-5-7/h4-5,13-15,17H,6-12H2,1-3H3;1-6,8H. The Kier molecular flexibility index (Phi) is 10.6. The largest absolute Gasteiger partial charge is 0.490 e. The summed E-state index contributed by atoms with van der Waals surface area (Å²) in [5.74, 6) is 0.381. The van der Waals surface area contributed by atoms with E-state index >= 15 is 0 Å². The minimum absolute atomic E-state index is 0.0231. The third-order valence-corrected chi connectivity index (χ3v) is 7.54. The van der Waals surface area contributed by atoms with Crippen molar-refractivity contribution in [2.24, 2.45) is 11.8 Å². The number of carbonyl (C=O) groups excluding carboxylic acids is 2. The van der Waals surface area contributed by atoms with Gasteiger partial charge in [-0.15, -0.1) is 0 Å². The van der Waals surface area contributed by atoms with Gasteiger partial charge >= 0.3 is 6.18 Å². The molecule has 2 fully saturated rings. The number of halogens is 4. The van der Waals surface area contributed by atoms with E-state index in [1.807, 2.05) is 6.07 Å². The lowest BCUT2D eigenvalue weighted by molar-refractivity contribution is -0.155. The van der Waals surface area contributed by atoms with Crippen LogP contribution in [0.25, 0.3) is 0 Å². The molecule has 2 aliphatic rings. The molecule has 1 aliphatic heterocycles. The van der Waals surface area contributed by atoms with E-state index in [2.05, 4.69) is 11.9 Å². The summed E-state index contributed by atoms with van der Waals surface area (Å²) in [4.78, 5) is 26.2. The van der Waals surface area contributed by atoms with Crippen LogP contribution in [-0.2, 0) is 4.79 Å². The van der Waals surface area contributed by atoms with Gasteiger partial charge in [0.2, 0.25) is 0 Å². The molecule has 9 heteroatoms. The van der Waals surface area contributed by atoms with Gasteiger partial charge in [-0.2, -0.15) is 13.2 Å². The summed E-state index contributed by atoms with van der Waals surface area (Å²) in [6, 6.07) is 12.5. The fraction of sp³-hybridized carbons (Fsp3) is 0.517. The first kappa shape index (κ1) is 30.0. The number of amides is 1. The van der Waals surface area contributed by atoms with Crippen LogP contribution in [0.1, 0.15) is 53.9 Å². The fourth-order valence-electron chi connectivity index (χ4n) is 4.91. The summed E-state index contributed by atoms with van der Waals surface area (Å²) in [7, 11) is 5.66. The van der Waals surface area contributed by atoms with E-state index in [0.29, 0.717) is 16.7 Å². The zero-order valence-electron chi connectivity index (χ0n) is 22.1. The minimum Gasteiger partial charge on any atom is -0.490 e. The SMILES string of the molecule is CN1CCC(CC2CC(Oc3ccc(C(=O)N(C)C)c(Cl)c3)C2)CC1.O=CC(c1ccccc1)C(F)(F)F. The summed E-state index contributed by atoms with van der Waals surface area (Å²) in [6.45, 7) is 2.49. The Morgan fingerprint density at radius 2 is 1.74 bits per heavy atom. The molecule has 4 rings (SSSR count). The van der Waals surface area contributed by atoms with E-state index < -0.39 is 12.1 Å². The molecule has 1 saturated heterocycles. The summed E-state index contributed by atoms with van der Waals surface area (Å²) in [5.41, 5.74) is 0.498. The molecule has 1 saturated carbocycles. The lowest BCUT2D eigenvalue weighted by Crippen LogP contribution is -2.37. The highest BCUT2D eigenvalue weighted by Gasteiger charge is 2.40. The molecule has 1 aliphatic carbocycles. The van der Waals surface area contributed by atoms with Crippen molar-refractivity contribution < 1.29 is 27.5 Å². The number of piperidine rings is 1. The molecule has 5 nitrogen and oxygen atoms in total. The number of carbonyl (C=O) groups is 2. The van der Waals surface area contributed by atoms with Crippen molar-refractivity contribution in [3.8, 4) is 5.75 Å². The molecule has 0 spiro atoms. The van der Waals surface area contributed by atoms with Crippen molar-refractivity contribution in [1.29, 1.82) is 0 Å². The Bertz CT molecular complexity index is 1050. The molecule has 1 atom stereocenters. The van der Waals surface area contributed by atoms with E-state index in [0.717, 1.165) is 30.4 Å². The molecule has 0 radical (unpaired) electrons. The second-order valence-electron chi connectivity index (χ2n) is 10.5. The Hall–Kier alpha value is -2.58. The molecule has 2 aromatic carbocycles. The molecule has 208 valence electrons. The number of ether oxygens (including phenoxy) is 1. The third-order valence-electron chi connectivity index (χ3n) is 7.22. The van der Waals surface area contributed by atoms with Crippen LogP contribution in [0.4, 0.5) is 13.2 Å². The Morgan fingerprint density at radius 1 is 1.11 bits per heavy atom. The summed E-state index contributed by atoms with van der Waals surface area (Å²) < 4.78 is 42.6. The first-order valence-corrected chi connectivity index (χ1v) is 13.3. The Balaban J connectivity index is 0.000000260. The summed E-state index contributed by atoms with van der Waals surface area (Å²) in [6.07, 6.45) is 2.03. The highest BCUT2D eigenvalue weighted by molar-refractivity contribution is 6.34. The van der Waals surface area contributed by atoms with E-state index in [1.165, 1.54) is 61.5 Å². The molecular formula is C29H36ClF3N2O3. The number of likely N-dealkylation sites (tertiary alicyclic amines) is 1. The van der Waals surface area contributed by atoms with Crippen molar-refractivity contribution in [3.63, 3.8) is 0 Å². The molecule has 1 unspecified atom stereocenters. The second kappa shape index (κ2) is 13.5. The van der Waals surface area contributed by atoms with Crippen molar-refractivity contribution in [3.05, 3.63) is 64.7 Å². The van der Waals surface area contributed by atoms with Crippen molar-refractivity contribution in [2.45, 2.75) is 50.3 Å². The lowest BCUT2D eigenvalue weighted by Gasteiger charge is -2.39. The predicted molar refractivity (Wildman–Crippen MR) is 143 cm³/mol. The number of aldehydes is 1. The fourth-order valence-corrected chi connectivity index (χ4v) is 5.16. The zero-order valence-corrected chi connectivity index (χ0v) is 22.8. The van der Waals surface area contributed by atoms with Crippen LogP contribution in [-0.4, -0.2) is 68.5 Å². The maximum atomic E-state index is 12.2. The second-order valence-corrected chi connectivity index (χ2v) is 10.9. The van der Waals surface area contributed by atoms with Gasteiger partial charge in [0.05, 0.1) is 16.7 Å². The van der Waals surface area contributed by atoms with Gasteiger partial charge in [0.25, 0.3) is 5.91 Å². The van der Waals surface area contributed by atoms with Gasteiger partial charge in [-0.25, -0.2) is 0 Å². The van der Waals surface area contributed by atoms with Crippen LogP contribution in [0.3, 0.4) is 0 Å². The number of benzene rings is 2. The van der Waals surface area contributed by atoms with Gasteiger partial charge in [-0.1, -0.05) is 41.9 Å². The molecule has 0 bridgehead atoms. The van der Waals surface area contributed by atoms with Gasteiger partial charge in [0.1, 0.15) is 18.0 Å². The van der Waals surface area contributed by atoms with Gasteiger partial charge < -0.3 is 19.3 Å². The van der Waals surface area contributed by atoms with Gasteiger partial charge in [-0.05, 0) is 87.8 Å². The monoisotopic (exact) mass is 552 g/mol. The van der Waals surface area contributed by atoms with Crippen LogP contribution in [0.5, 0.6) is 5.75 Å². The highest BCUT2D eigenvalue weighted by Crippen LogP contribution is 2.38. The van der Waals surface area contributed by atoms with Gasteiger partial charge in [-0.3, -0.25) is 4.79 Å². The van der Waals surface area contributed by atoms with Crippen LogP contribution in [0.15, 0.2) is 48.5 Å². The molecule has 2 aromatic rings. The van der Waals surface area contributed by atoms with E-state index in [-0.39, 0.29) is 17.8 Å². The molecular weight excluding hydrogens is 517 g/mol. The Labute approximate surface area is 227 Å². The van der Waals surface area contributed by atoms with Gasteiger partial charge in [0.15, 0.2) is 0 Å². The third kappa shape index (κ3) is 8.46. The van der Waals surface area contributed by atoms with Crippen LogP contribution < -0.4 is 4.74 Å². The molecule has 38 heavy (non-hydrogen) atoms. The molecule has 1 amide bonds. The highest BCUT2D eigenvalue weighted by atomic mass is 35.5. The predicted octanol–water partition coefficient (Wildman–Crippen LogP) is 6.46. The Morgan fingerprint density at radius 3 is 2.26 bits per heavy atom. The van der Waals surface area contributed by atoms with Crippen LogP contribution >= 0.6 is 11.6 Å². The van der Waals surface area contributed by atoms with E-state index in [9.17, 15) is 22.8 Å². The van der Waals surface area contributed by atoms with Crippen molar-refractivity contribution >= 4 is 23.8 Å². The zero-order chi connectivity index (χ0) is 27.9. The number of hydrogen-bond acceptors (Lipinski definition) is 4. The maximum Gasteiger partial charge on any atom is 0.402 e. The molecule has 0 N–H and O–H groups in total. The smallest absolute Gasteiger partial charge is 0.402 e. The first-order chi connectivity index (χ1) is 18.0. The number of alkyl halides is 3. The quantitative estimate of drug-likeness (QED) is 0.370. The minimum atomic E-state index is -4.50. The van der Waals surface area contributed by atoms with Crippen LogP contribution in [0.2, 0.25) is 5.02 Å². The molecule has 0 aromatic heterocycles. The van der Waals surface area contributed by atoms with Gasteiger partial charge in [0, 0.05) is 14.1 Å². The number of hydrogen-bond donors (Lipinski definition) is 0. The van der Waals surface area contributed by atoms with E-state index in [1.54, 1.807) is 32.3 Å². The summed E-state index contributed by atoms with van der Waals surface area (Å²) >= 11 is 6.25. The summed E-state index contributed by atoms with van der Waals surface area (Å²) in [5, 5.41) is 0.457. The van der Waals surface area contributed by atoms with Crippen molar-refractivity contribution in [1.82, 2.24) is 9.80 Å². The number of nitrogens with zero attached hydrogens (tertiary/aromatic N) is 2. The maximum absolute atomic E-state index is 12.2. The lowest BCUT2D eigenvalue weighted by atomic mass is 9.74.